The lowest BCUT2D eigenvalue weighted by molar-refractivity contribution is 0.0273. The Morgan fingerprint density at radius 2 is 2.15 bits per heavy atom. The van der Waals surface area contributed by atoms with Gasteiger partial charge in [-0.3, -0.25) is 5.41 Å². The van der Waals surface area contributed by atoms with Gasteiger partial charge in [0.2, 0.25) is 5.88 Å². The van der Waals surface area contributed by atoms with E-state index in [1.54, 1.807) is 6.07 Å². The largest absolute Gasteiger partial charge is 0.474 e. The number of hydrogen-bond acceptors (Lipinski definition) is 3. The summed E-state index contributed by atoms with van der Waals surface area (Å²) < 4.78 is 6.18. The lowest BCUT2D eigenvalue weighted by Crippen LogP contribution is -2.39. The molecular formula is C16H23N3O. The van der Waals surface area contributed by atoms with Crippen LogP contribution in [0.5, 0.6) is 5.88 Å². The second kappa shape index (κ2) is 4.21. The molecule has 2 saturated carbocycles. The van der Waals surface area contributed by atoms with E-state index in [-0.39, 0.29) is 17.4 Å². The number of rotatable bonds is 3. The predicted molar refractivity (Wildman–Crippen MR) is 78.9 cm³/mol. The van der Waals surface area contributed by atoms with Crippen molar-refractivity contribution >= 4 is 5.84 Å². The molecule has 3 rings (SSSR count). The highest BCUT2D eigenvalue weighted by atomic mass is 16.5. The zero-order valence-electron chi connectivity index (χ0n) is 12.4. The van der Waals surface area contributed by atoms with Gasteiger partial charge < -0.3 is 10.5 Å². The second-order valence-corrected chi connectivity index (χ2v) is 6.99. The maximum Gasteiger partial charge on any atom is 0.214 e. The first kappa shape index (κ1) is 13.4. The fourth-order valence-corrected chi connectivity index (χ4v) is 4.08. The molecule has 0 amide bonds. The minimum atomic E-state index is -0.0186. The van der Waals surface area contributed by atoms with E-state index >= 15 is 0 Å². The molecule has 0 aliphatic heterocycles. The summed E-state index contributed by atoms with van der Waals surface area (Å²) in [5.74, 6) is 1.32. The molecule has 1 aromatic rings. The van der Waals surface area contributed by atoms with Crippen LogP contribution in [-0.2, 0) is 0 Å². The molecule has 1 aromatic heterocycles. The normalized spacial score (nSPS) is 34.1. The second-order valence-electron chi connectivity index (χ2n) is 6.99. The van der Waals surface area contributed by atoms with Crippen LogP contribution < -0.4 is 10.5 Å². The van der Waals surface area contributed by atoms with Crippen molar-refractivity contribution in [2.75, 3.05) is 0 Å². The molecule has 2 fully saturated rings. The number of nitrogens with two attached hydrogens (primary N) is 1. The molecule has 3 unspecified atom stereocenters. The molecule has 0 saturated heterocycles. The van der Waals surface area contributed by atoms with Crippen LogP contribution in [0.25, 0.3) is 0 Å². The maximum atomic E-state index is 7.46. The molecule has 1 heterocycles. The number of hydrogen-bond donors (Lipinski definition) is 2. The molecular weight excluding hydrogens is 250 g/mol. The minimum Gasteiger partial charge on any atom is -0.474 e. The van der Waals surface area contributed by atoms with E-state index in [9.17, 15) is 0 Å². The molecule has 20 heavy (non-hydrogen) atoms. The number of nitrogen functional groups attached to an aromatic ring is 1. The van der Waals surface area contributed by atoms with E-state index in [0.29, 0.717) is 17.0 Å². The number of amidine groups is 1. The van der Waals surface area contributed by atoms with Crippen molar-refractivity contribution in [1.82, 2.24) is 4.98 Å². The number of nitrogens with zero attached hydrogens (tertiary/aromatic N) is 1. The third-order valence-electron chi connectivity index (χ3n) is 5.98. The van der Waals surface area contributed by atoms with Crippen LogP contribution in [0, 0.1) is 22.2 Å². The number of pyridine rings is 1. The molecule has 4 heteroatoms. The number of ether oxygens (including phenoxy) is 1. The minimum absolute atomic E-state index is 0.0186. The Kier molecular flexibility index (Phi) is 2.82. The van der Waals surface area contributed by atoms with Gasteiger partial charge >= 0.3 is 0 Å². The standard InChI is InChI=1S/C16H23N3O/c1-15(2)10-7-8-16(15,3)12(9-10)20-13-6-4-5-11(19-13)14(17)18/h4-6,10,12H,7-9H2,1-3H3,(H3,17,18). The first-order valence-electron chi connectivity index (χ1n) is 7.33. The van der Waals surface area contributed by atoms with Crippen molar-refractivity contribution in [2.24, 2.45) is 22.5 Å². The third-order valence-corrected chi connectivity index (χ3v) is 5.98. The molecule has 0 spiro atoms. The quantitative estimate of drug-likeness (QED) is 0.657. The number of nitrogens with one attached hydrogen (secondary N) is 1. The van der Waals surface area contributed by atoms with Crippen LogP contribution in [0.3, 0.4) is 0 Å². The third kappa shape index (κ3) is 1.74. The molecule has 3 N–H and O–H groups in total. The predicted octanol–water partition coefficient (Wildman–Crippen LogP) is 2.96. The van der Waals surface area contributed by atoms with Crippen molar-refractivity contribution in [3.63, 3.8) is 0 Å². The summed E-state index contributed by atoms with van der Waals surface area (Å²) in [7, 11) is 0. The molecule has 2 bridgehead atoms. The summed E-state index contributed by atoms with van der Waals surface area (Å²) in [5, 5.41) is 7.46. The lowest BCUT2D eigenvalue weighted by Gasteiger charge is -2.38. The van der Waals surface area contributed by atoms with Crippen molar-refractivity contribution < 1.29 is 4.74 Å². The number of fused-ring (bicyclic) bond motifs is 2. The monoisotopic (exact) mass is 273 g/mol. The van der Waals surface area contributed by atoms with E-state index in [2.05, 4.69) is 25.8 Å². The molecule has 4 nitrogen and oxygen atoms in total. The Morgan fingerprint density at radius 1 is 1.40 bits per heavy atom. The molecule has 2 aliphatic rings. The van der Waals surface area contributed by atoms with E-state index in [0.717, 1.165) is 12.3 Å². The van der Waals surface area contributed by atoms with E-state index < -0.39 is 0 Å². The summed E-state index contributed by atoms with van der Waals surface area (Å²) in [5.41, 5.74) is 6.51. The van der Waals surface area contributed by atoms with Gasteiger partial charge in [0.25, 0.3) is 0 Å². The first-order valence-corrected chi connectivity index (χ1v) is 7.33. The van der Waals surface area contributed by atoms with Crippen molar-refractivity contribution in [2.45, 2.75) is 46.1 Å². The molecule has 0 radical (unpaired) electrons. The van der Waals surface area contributed by atoms with Crippen LogP contribution in [0.4, 0.5) is 0 Å². The van der Waals surface area contributed by atoms with E-state index in [4.69, 9.17) is 15.9 Å². The van der Waals surface area contributed by atoms with Gasteiger partial charge in [0.15, 0.2) is 0 Å². The number of aromatic nitrogens is 1. The van der Waals surface area contributed by atoms with Crippen LogP contribution in [0.1, 0.15) is 45.7 Å². The van der Waals surface area contributed by atoms with Gasteiger partial charge in [0, 0.05) is 11.5 Å². The van der Waals surface area contributed by atoms with Crippen molar-refractivity contribution in [1.29, 1.82) is 5.41 Å². The van der Waals surface area contributed by atoms with Crippen molar-refractivity contribution in [3.8, 4) is 5.88 Å². The van der Waals surface area contributed by atoms with Gasteiger partial charge in [-0.1, -0.05) is 26.8 Å². The smallest absolute Gasteiger partial charge is 0.214 e. The lowest BCUT2D eigenvalue weighted by atomic mass is 9.70. The summed E-state index contributed by atoms with van der Waals surface area (Å²) in [4.78, 5) is 4.33. The van der Waals surface area contributed by atoms with Gasteiger partial charge in [-0.15, -0.1) is 0 Å². The topological polar surface area (TPSA) is 72.0 Å². The zero-order chi connectivity index (χ0) is 14.5. The highest BCUT2D eigenvalue weighted by Crippen LogP contribution is 2.66. The van der Waals surface area contributed by atoms with Gasteiger partial charge in [0.05, 0.1) is 0 Å². The summed E-state index contributed by atoms with van der Waals surface area (Å²) >= 11 is 0. The van der Waals surface area contributed by atoms with Crippen LogP contribution in [-0.4, -0.2) is 16.9 Å². The summed E-state index contributed by atoms with van der Waals surface area (Å²) in [6.07, 6.45) is 3.85. The average molecular weight is 273 g/mol. The SMILES string of the molecule is CC1(C)C2CCC1(C)C(Oc1cccc(C(=N)N)n1)C2. The van der Waals surface area contributed by atoms with Crippen LogP contribution in [0.15, 0.2) is 18.2 Å². The fourth-order valence-electron chi connectivity index (χ4n) is 4.08. The molecule has 108 valence electrons. The Labute approximate surface area is 120 Å². The molecule has 0 aromatic carbocycles. The Morgan fingerprint density at radius 3 is 2.70 bits per heavy atom. The first-order chi connectivity index (χ1) is 9.34. The molecule has 3 atom stereocenters. The maximum absolute atomic E-state index is 7.46. The van der Waals surface area contributed by atoms with E-state index in [1.165, 1.54) is 12.8 Å². The van der Waals surface area contributed by atoms with Crippen LogP contribution >= 0.6 is 0 Å². The van der Waals surface area contributed by atoms with Gasteiger partial charge in [-0.25, -0.2) is 4.98 Å². The van der Waals surface area contributed by atoms with Gasteiger partial charge in [0.1, 0.15) is 17.6 Å². The van der Waals surface area contributed by atoms with E-state index in [1.807, 2.05) is 12.1 Å². The van der Waals surface area contributed by atoms with Gasteiger partial charge in [-0.2, -0.15) is 0 Å². The summed E-state index contributed by atoms with van der Waals surface area (Å²) in [6, 6.07) is 5.44. The van der Waals surface area contributed by atoms with Crippen molar-refractivity contribution in [3.05, 3.63) is 23.9 Å². The summed E-state index contributed by atoms with van der Waals surface area (Å²) in [6.45, 7) is 7.08. The van der Waals surface area contributed by atoms with Crippen LogP contribution in [0.2, 0.25) is 0 Å². The van der Waals surface area contributed by atoms with Gasteiger partial charge in [-0.05, 0) is 36.7 Å². The Balaban J connectivity index is 1.83. The highest BCUT2D eigenvalue weighted by molar-refractivity contribution is 5.93. The average Bonchev–Trinajstić information content (AvgIpc) is 2.72. The Bertz CT molecular complexity index is 554. The fraction of sp³-hybridized carbons (Fsp3) is 0.625. The highest BCUT2D eigenvalue weighted by Gasteiger charge is 2.62. The molecule has 2 aliphatic carbocycles. The zero-order valence-corrected chi connectivity index (χ0v) is 12.4. The Hall–Kier alpha value is -1.58.